The molecule has 14 heavy (non-hydrogen) atoms. The summed E-state index contributed by atoms with van der Waals surface area (Å²) in [6.07, 6.45) is 3.31. The van der Waals surface area contributed by atoms with Crippen LogP contribution in [0.2, 0.25) is 0 Å². The summed E-state index contributed by atoms with van der Waals surface area (Å²) in [5.41, 5.74) is 0.761. The predicted molar refractivity (Wildman–Crippen MR) is 55.1 cm³/mol. The third-order valence-electron chi connectivity index (χ3n) is 1.55. The van der Waals surface area contributed by atoms with Gasteiger partial charge in [0.05, 0.1) is 5.56 Å². The van der Waals surface area contributed by atoms with Gasteiger partial charge in [-0.3, -0.25) is 4.98 Å². The monoisotopic (exact) mass is 227 g/mol. The van der Waals surface area contributed by atoms with Crippen molar-refractivity contribution in [2.45, 2.75) is 4.71 Å². The molecule has 1 atom stereocenters. The van der Waals surface area contributed by atoms with Crippen molar-refractivity contribution in [3.05, 3.63) is 30.4 Å². The lowest BCUT2D eigenvalue weighted by molar-refractivity contribution is 0.525. The van der Waals surface area contributed by atoms with Crippen molar-refractivity contribution >= 4 is 24.2 Å². The molecular weight excluding hydrogens is 222 g/mol. The summed E-state index contributed by atoms with van der Waals surface area (Å²) in [7, 11) is 0. The Morgan fingerprint density at radius 2 is 2.29 bits per heavy atom. The highest BCUT2D eigenvalue weighted by Crippen LogP contribution is 2.25. The quantitative estimate of drug-likeness (QED) is 0.632. The first-order valence-electron chi connectivity index (χ1n) is 3.83. The van der Waals surface area contributed by atoms with Crippen molar-refractivity contribution in [1.82, 2.24) is 15.2 Å². The summed E-state index contributed by atoms with van der Waals surface area (Å²) in [6, 6.07) is 3.62. The zero-order chi connectivity index (χ0) is 9.97. The van der Waals surface area contributed by atoms with Crippen LogP contribution in [0.3, 0.4) is 0 Å². The molecule has 0 radical (unpaired) electrons. The second kappa shape index (κ2) is 3.98. The Morgan fingerprint density at radius 3 is 2.86 bits per heavy atom. The topological polar surface area (TPSA) is 51.8 Å². The molecule has 6 heteroatoms. The van der Waals surface area contributed by atoms with Gasteiger partial charge in [-0.05, 0) is 12.1 Å². The smallest absolute Gasteiger partial charge is 0.249 e. The van der Waals surface area contributed by atoms with E-state index in [1.165, 1.54) is 0 Å². The SMILES string of the molecule is SC(Cl)c1nnc(-c2cccnc2)o1. The molecule has 0 amide bonds. The zero-order valence-corrected chi connectivity index (χ0v) is 8.61. The van der Waals surface area contributed by atoms with E-state index >= 15 is 0 Å². The number of hydrogen-bond donors (Lipinski definition) is 1. The first-order valence-corrected chi connectivity index (χ1v) is 4.78. The van der Waals surface area contributed by atoms with E-state index in [1.807, 2.05) is 6.07 Å². The summed E-state index contributed by atoms with van der Waals surface area (Å²) < 4.78 is 4.68. The summed E-state index contributed by atoms with van der Waals surface area (Å²) in [5.74, 6) is 0.682. The van der Waals surface area contributed by atoms with Gasteiger partial charge in [-0.1, -0.05) is 0 Å². The number of alkyl halides is 1. The van der Waals surface area contributed by atoms with Gasteiger partial charge in [0.2, 0.25) is 11.8 Å². The summed E-state index contributed by atoms with van der Waals surface area (Å²) >= 11 is 9.62. The minimum Gasteiger partial charge on any atom is -0.418 e. The molecule has 2 heterocycles. The van der Waals surface area contributed by atoms with Crippen LogP contribution in [-0.4, -0.2) is 15.2 Å². The lowest BCUT2D eigenvalue weighted by Crippen LogP contribution is -1.79. The highest BCUT2D eigenvalue weighted by atomic mass is 35.5. The van der Waals surface area contributed by atoms with E-state index in [0.29, 0.717) is 5.89 Å². The van der Waals surface area contributed by atoms with Gasteiger partial charge in [-0.2, -0.15) is 12.6 Å². The van der Waals surface area contributed by atoms with Crippen molar-refractivity contribution in [3.8, 4) is 11.5 Å². The molecule has 72 valence electrons. The van der Waals surface area contributed by atoms with Gasteiger partial charge < -0.3 is 4.42 Å². The molecule has 2 aromatic heterocycles. The average molecular weight is 228 g/mol. The van der Waals surface area contributed by atoms with Gasteiger partial charge in [0, 0.05) is 12.4 Å². The number of halogens is 1. The van der Waals surface area contributed by atoms with E-state index in [2.05, 4.69) is 27.8 Å². The van der Waals surface area contributed by atoms with Crippen molar-refractivity contribution in [2.75, 3.05) is 0 Å². The van der Waals surface area contributed by atoms with Gasteiger partial charge in [0.25, 0.3) is 0 Å². The van der Waals surface area contributed by atoms with E-state index in [1.54, 1.807) is 18.5 Å². The molecule has 0 spiro atoms. The van der Waals surface area contributed by atoms with Gasteiger partial charge in [0.1, 0.15) is 0 Å². The fourth-order valence-electron chi connectivity index (χ4n) is 0.937. The standard InChI is InChI=1S/C8H6ClN3OS/c9-6(14)8-12-11-7(13-8)5-2-1-3-10-4-5/h1-4,6,14H. The maximum Gasteiger partial charge on any atom is 0.249 e. The molecule has 0 saturated heterocycles. The minimum atomic E-state index is -0.576. The molecule has 0 aromatic carbocycles. The summed E-state index contributed by atoms with van der Waals surface area (Å²) in [5, 5.41) is 7.56. The Kier molecular flexibility index (Phi) is 2.69. The molecule has 0 aliphatic carbocycles. The largest absolute Gasteiger partial charge is 0.418 e. The number of rotatable bonds is 2. The van der Waals surface area contributed by atoms with E-state index in [9.17, 15) is 0 Å². The van der Waals surface area contributed by atoms with Crippen molar-refractivity contribution < 1.29 is 4.42 Å². The third-order valence-corrected chi connectivity index (χ3v) is 1.96. The van der Waals surface area contributed by atoms with Crippen LogP contribution in [0.1, 0.15) is 10.6 Å². The molecule has 0 N–H and O–H groups in total. The van der Waals surface area contributed by atoms with Gasteiger partial charge in [-0.25, -0.2) is 0 Å². The number of thiol groups is 1. The molecule has 0 aliphatic heterocycles. The lowest BCUT2D eigenvalue weighted by atomic mass is 10.3. The summed E-state index contributed by atoms with van der Waals surface area (Å²) in [6.45, 7) is 0. The van der Waals surface area contributed by atoms with Crippen molar-refractivity contribution in [2.24, 2.45) is 0 Å². The van der Waals surface area contributed by atoms with Gasteiger partial charge in [0.15, 0.2) is 4.71 Å². The Bertz CT molecular complexity index is 418. The predicted octanol–water partition coefficient (Wildman–Crippen LogP) is 2.30. The first-order chi connectivity index (χ1) is 6.77. The molecule has 0 fully saturated rings. The van der Waals surface area contributed by atoms with E-state index in [4.69, 9.17) is 16.0 Å². The molecule has 4 nitrogen and oxygen atoms in total. The normalized spacial score (nSPS) is 12.7. The van der Waals surface area contributed by atoms with E-state index in [0.717, 1.165) is 5.56 Å². The van der Waals surface area contributed by atoms with Crippen LogP contribution in [0.5, 0.6) is 0 Å². The number of hydrogen-bond acceptors (Lipinski definition) is 5. The summed E-state index contributed by atoms with van der Waals surface area (Å²) in [4.78, 5) is 3.94. The van der Waals surface area contributed by atoms with Crippen LogP contribution in [-0.2, 0) is 0 Å². The number of aromatic nitrogens is 3. The maximum atomic E-state index is 5.66. The lowest BCUT2D eigenvalue weighted by Gasteiger charge is -1.92. The Labute approximate surface area is 90.7 Å². The van der Waals surface area contributed by atoms with Gasteiger partial charge >= 0.3 is 0 Å². The van der Waals surface area contributed by atoms with Gasteiger partial charge in [-0.15, -0.1) is 21.8 Å². The Hall–Kier alpha value is -1.07. The average Bonchev–Trinajstić information content (AvgIpc) is 2.68. The van der Waals surface area contributed by atoms with E-state index < -0.39 is 4.71 Å². The molecule has 2 rings (SSSR count). The Morgan fingerprint density at radius 1 is 1.43 bits per heavy atom. The molecular formula is C8H6ClN3OS. The van der Waals surface area contributed by atoms with Crippen LogP contribution >= 0.6 is 24.2 Å². The van der Waals surface area contributed by atoms with E-state index in [-0.39, 0.29) is 5.89 Å². The highest BCUT2D eigenvalue weighted by molar-refractivity contribution is 7.81. The molecule has 0 saturated carbocycles. The Balaban J connectivity index is 2.34. The minimum absolute atomic E-state index is 0.286. The van der Waals surface area contributed by atoms with Crippen molar-refractivity contribution in [3.63, 3.8) is 0 Å². The first kappa shape index (κ1) is 9.48. The molecule has 0 bridgehead atoms. The number of nitrogens with zero attached hydrogens (tertiary/aromatic N) is 3. The van der Waals surface area contributed by atoms with Crippen LogP contribution in [0.25, 0.3) is 11.5 Å². The zero-order valence-electron chi connectivity index (χ0n) is 6.96. The fraction of sp³-hybridized carbons (Fsp3) is 0.125. The second-order valence-electron chi connectivity index (χ2n) is 2.52. The van der Waals surface area contributed by atoms with Crippen molar-refractivity contribution in [1.29, 1.82) is 0 Å². The molecule has 0 aliphatic rings. The van der Waals surface area contributed by atoms with Crippen LogP contribution < -0.4 is 0 Å². The van der Waals surface area contributed by atoms with Crippen LogP contribution in [0.15, 0.2) is 28.9 Å². The fourth-order valence-corrected chi connectivity index (χ4v) is 1.13. The number of pyridine rings is 1. The van der Waals surface area contributed by atoms with Crippen LogP contribution in [0, 0.1) is 0 Å². The molecule has 2 aromatic rings. The third kappa shape index (κ3) is 1.88. The highest BCUT2D eigenvalue weighted by Gasteiger charge is 2.12. The second-order valence-corrected chi connectivity index (χ2v) is 3.78. The van der Waals surface area contributed by atoms with Crippen LogP contribution in [0.4, 0.5) is 0 Å². The maximum absolute atomic E-state index is 5.66. The molecule has 1 unspecified atom stereocenters.